The monoisotopic (exact) mass is 487 g/mol. The van der Waals surface area contributed by atoms with Crippen molar-refractivity contribution in [2.75, 3.05) is 19.7 Å². The molecule has 1 aromatic carbocycles. The molecule has 1 aliphatic heterocycles. The predicted octanol–water partition coefficient (Wildman–Crippen LogP) is 4.02. The zero-order chi connectivity index (χ0) is 25.6. The minimum Gasteiger partial charge on any atom is -0.487 e. The highest BCUT2D eigenvalue weighted by Crippen LogP contribution is 2.28. The second-order valence-electron chi connectivity index (χ2n) is 9.81. The molecule has 190 valence electrons. The maximum Gasteiger partial charge on any atom is 0.410 e. The summed E-state index contributed by atoms with van der Waals surface area (Å²) in [6.07, 6.45) is 3.23. The van der Waals surface area contributed by atoms with Crippen molar-refractivity contribution in [3.05, 3.63) is 59.2 Å². The molecule has 2 amide bonds. The second-order valence-corrected chi connectivity index (χ2v) is 9.81. The lowest BCUT2D eigenvalue weighted by molar-refractivity contribution is 0.0204. The van der Waals surface area contributed by atoms with E-state index in [0.717, 1.165) is 24.5 Å². The van der Waals surface area contributed by atoms with Gasteiger partial charge in [-0.15, -0.1) is 0 Å². The zero-order valence-electron chi connectivity index (χ0n) is 20.7. The van der Waals surface area contributed by atoms with Crippen LogP contribution in [0.1, 0.15) is 68.1 Å². The van der Waals surface area contributed by atoms with E-state index in [1.54, 1.807) is 11.8 Å². The smallest absolute Gasteiger partial charge is 0.410 e. The van der Waals surface area contributed by atoms with Crippen LogP contribution in [-0.2, 0) is 11.3 Å². The number of piperidine rings is 1. The van der Waals surface area contributed by atoms with Gasteiger partial charge in [0.15, 0.2) is 0 Å². The number of likely N-dealkylation sites (tertiary alicyclic amines) is 1. The predicted molar refractivity (Wildman–Crippen MR) is 129 cm³/mol. The van der Waals surface area contributed by atoms with Gasteiger partial charge in [-0.05, 0) is 70.2 Å². The van der Waals surface area contributed by atoms with Crippen LogP contribution >= 0.6 is 0 Å². The summed E-state index contributed by atoms with van der Waals surface area (Å²) >= 11 is 0. The number of hydrogen-bond acceptors (Lipinski definition) is 6. The van der Waals surface area contributed by atoms with Crippen molar-refractivity contribution >= 4 is 12.0 Å². The number of aliphatic hydroxyl groups is 1. The van der Waals surface area contributed by atoms with Crippen molar-refractivity contribution in [1.82, 2.24) is 15.2 Å². The van der Waals surface area contributed by atoms with Gasteiger partial charge in [-0.1, -0.05) is 6.07 Å². The molecular formula is C26H34FN3O5. The SMILES string of the molecule is C[C@H](CO)NC(=O)c1ccc(OCc2ccc(C3CCN(C(=O)OC(C)(C)C)CC3)cn2)cc1F. The molecule has 2 aromatic rings. The van der Waals surface area contributed by atoms with Crippen LogP contribution in [0.3, 0.4) is 0 Å². The Kier molecular flexibility index (Phi) is 8.67. The molecule has 1 saturated heterocycles. The summed E-state index contributed by atoms with van der Waals surface area (Å²) < 4.78 is 25.4. The molecule has 35 heavy (non-hydrogen) atoms. The number of carbonyl (C=O) groups excluding carboxylic acids is 2. The third-order valence-electron chi connectivity index (χ3n) is 5.69. The number of pyridine rings is 1. The van der Waals surface area contributed by atoms with E-state index in [0.29, 0.717) is 24.7 Å². The van der Waals surface area contributed by atoms with Crippen LogP contribution in [0.15, 0.2) is 36.5 Å². The molecule has 2 N–H and O–H groups in total. The Hall–Kier alpha value is -3.20. The number of ether oxygens (including phenoxy) is 2. The highest BCUT2D eigenvalue weighted by atomic mass is 19.1. The van der Waals surface area contributed by atoms with E-state index in [9.17, 15) is 14.0 Å². The van der Waals surface area contributed by atoms with E-state index >= 15 is 0 Å². The maximum absolute atomic E-state index is 14.3. The quantitative estimate of drug-likeness (QED) is 0.612. The van der Waals surface area contributed by atoms with Crippen LogP contribution in [0.4, 0.5) is 9.18 Å². The van der Waals surface area contributed by atoms with Crippen molar-refractivity contribution in [2.45, 2.75) is 64.7 Å². The van der Waals surface area contributed by atoms with Gasteiger partial charge in [0.05, 0.1) is 17.9 Å². The molecule has 1 aliphatic rings. The number of halogens is 1. The Bertz CT molecular complexity index is 1010. The number of aliphatic hydroxyl groups excluding tert-OH is 1. The van der Waals surface area contributed by atoms with Crippen molar-refractivity contribution in [1.29, 1.82) is 0 Å². The fourth-order valence-electron chi connectivity index (χ4n) is 3.76. The van der Waals surface area contributed by atoms with Crippen molar-refractivity contribution in [2.24, 2.45) is 0 Å². The topological polar surface area (TPSA) is 101 Å². The lowest BCUT2D eigenvalue weighted by Crippen LogP contribution is -2.41. The van der Waals surface area contributed by atoms with Crippen LogP contribution in [0.25, 0.3) is 0 Å². The van der Waals surface area contributed by atoms with Crippen molar-refractivity contribution in [3.8, 4) is 5.75 Å². The van der Waals surface area contributed by atoms with Gasteiger partial charge in [0.1, 0.15) is 23.8 Å². The number of aromatic nitrogens is 1. The fourth-order valence-corrected chi connectivity index (χ4v) is 3.76. The van der Waals surface area contributed by atoms with E-state index in [4.69, 9.17) is 14.6 Å². The Morgan fingerprint density at radius 1 is 1.23 bits per heavy atom. The van der Waals surface area contributed by atoms with Gasteiger partial charge in [-0.2, -0.15) is 0 Å². The van der Waals surface area contributed by atoms with Gasteiger partial charge in [-0.3, -0.25) is 9.78 Å². The van der Waals surface area contributed by atoms with E-state index in [2.05, 4.69) is 10.3 Å². The highest BCUT2D eigenvalue weighted by molar-refractivity contribution is 5.94. The lowest BCUT2D eigenvalue weighted by atomic mass is 9.90. The van der Waals surface area contributed by atoms with E-state index < -0.39 is 23.4 Å². The molecule has 8 nitrogen and oxygen atoms in total. The molecule has 0 bridgehead atoms. The fraction of sp³-hybridized carbons (Fsp3) is 0.500. The van der Waals surface area contributed by atoms with Gasteiger partial charge in [0.25, 0.3) is 5.91 Å². The molecular weight excluding hydrogens is 453 g/mol. The summed E-state index contributed by atoms with van der Waals surface area (Å²) in [5.74, 6) is -0.692. The number of amides is 2. The Morgan fingerprint density at radius 3 is 2.51 bits per heavy atom. The number of nitrogens with zero attached hydrogens (tertiary/aromatic N) is 2. The molecule has 0 saturated carbocycles. The second kappa shape index (κ2) is 11.5. The van der Waals surface area contributed by atoms with Gasteiger partial charge in [0, 0.05) is 31.4 Å². The first-order valence-electron chi connectivity index (χ1n) is 11.8. The molecule has 9 heteroatoms. The Balaban J connectivity index is 1.50. The Morgan fingerprint density at radius 2 is 1.94 bits per heavy atom. The standard InChI is InChI=1S/C26H34FN3O5/c1-17(15-31)29-24(32)22-8-7-21(13-23(22)27)34-16-20-6-5-19(14-28-20)18-9-11-30(12-10-18)25(33)35-26(2,3)4/h5-8,13-14,17-18,31H,9-12,15-16H2,1-4H3,(H,29,32)/t17-/m1/s1. The molecule has 1 aromatic heterocycles. The minimum absolute atomic E-state index is 0.113. The van der Waals surface area contributed by atoms with E-state index in [1.807, 2.05) is 39.1 Å². The number of hydrogen-bond donors (Lipinski definition) is 2. The first-order chi connectivity index (χ1) is 16.6. The van der Waals surface area contributed by atoms with Crippen molar-refractivity contribution < 1.29 is 28.6 Å². The largest absolute Gasteiger partial charge is 0.487 e. The third-order valence-corrected chi connectivity index (χ3v) is 5.69. The zero-order valence-corrected chi connectivity index (χ0v) is 20.7. The van der Waals surface area contributed by atoms with Crippen LogP contribution in [-0.4, -0.2) is 58.3 Å². The van der Waals surface area contributed by atoms with E-state index in [1.165, 1.54) is 12.1 Å². The first kappa shape index (κ1) is 26.4. The molecule has 1 atom stereocenters. The molecule has 1 fully saturated rings. The summed E-state index contributed by atoms with van der Waals surface area (Å²) in [6, 6.07) is 7.45. The van der Waals surface area contributed by atoms with Gasteiger partial charge < -0.3 is 24.8 Å². The van der Waals surface area contributed by atoms with E-state index in [-0.39, 0.29) is 30.6 Å². The first-order valence-corrected chi connectivity index (χ1v) is 11.8. The maximum atomic E-state index is 14.3. The molecule has 0 unspecified atom stereocenters. The molecule has 3 rings (SSSR count). The van der Waals surface area contributed by atoms with Gasteiger partial charge >= 0.3 is 6.09 Å². The highest BCUT2D eigenvalue weighted by Gasteiger charge is 2.27. The summed E-state index contributed by atoms with van der Waals surface area (Å²) in [5, 5.41) is 11.5. The van der Waals surface area contributed by atoms with Crippen LogP contribution in [0.2, 0.25) is 0 Å². The number of nitrogens with one attached hydrogen (secondary N) is 1. The molecule has 0 radical (unpaired) electrons. The number of benzene rings is 1. The van der Waals surface area contributed by atoms with Gasteiger partial charge in [-0.25, -0.2) is 9.18 Å². The van der Waals surface area contributed by atoms with Crippen molar-refractivity contribution in [3.63, 3.8) is 0 Å². The van der Waals surface area contributed by atoms with Crippen LogP contribution in [0, 0.1) is 5.82 Å². The van der Waals surface area contributed by atoms with Crippen LogP contribution < -0.4 is 10.1 Å². The average Bonchev–Trinajstić information content (AvgIpc) is 2.82. The summed E-state index contributed by atoms with van der Waals surface area (Å²) in [6.45, 7) is 8.42. The number of rotatable bonds is 7. The Labute approximate surface area is 205 Å². The normalized spacial score (nSPS) is 15.4. The van der Waals surface area contributed by atoms with Gasteiger partial charge in [0.2, 0.25) is 0 Å². The lowest BCUT2D eigenvalue weighted by Gasteiger charge is -2.33. The average molecular weight is 488 g/mol. The minimum atomic E-state index is -0.703. The summed E-state index contributed by atoms with van der Waals surface area (Å²) in [5.41, 5.74) is 1.19. The summed E-state index contributed by atoms with van der Waals surface area (Å²) in [4.78, 5) is 30.5. The molecule has 2 heterocycles. The molecule has 0 spiro atoms. The third kappa shape index (κ3) is 7.65. The molecule has 0 aliphatic carbocycles. The summed E-state index contributed by atoms with van der Waals surface area (Å²) in [7, 11) is 0. The number of carbonyl (C=O) groups is 2. The van der Waals surface area contributed by atoms with Crippen LogP contribution in [0.5, 0.6) is 5.75 Å².